The molecule has 0 aliphatic rings. The predicted molar refractivity (Wildman–Crippen MR) is 192 cm³/mol. The molecule has 6 rings (SSSR count). The number of benzene rings is 4. The fraction of sp³-hybridized carbons (Fsp3) is 0.310. The van der Waals surface area contributed by atoms with Gasteiger partial charge in [0.05, 0.1) is 23.2 Å². The number of aliphatic hydroxyl groups is 2. The minimum Gasteiger partial charge on any atom is -0.393 e. The van der Waals surface area contributed by atoms with E-state index in [0.29, 0.717) is 12.8 Å². The first kappa shape index (κ1) is 36.3. The first-order chi connectivity index (χ1) is 21.9. The van der Waals surface area contributed by atoms with Gasteiger partial charge in [0, 0.05) is 43.7 Å². The van der Waals surface area contributed by atoms with Crippen LogP contribution in [0, 0.1) is 11.5 Å². The van der Waals surface area contributed by atoms with Gasteiger partial charge in [0.1, 0.15) is 0 Å². The Balaban J connectivity index is 0.000000249. The van der Waals surface area contributed by atoms with E-state index in [1.807, 2.05) is 39.0 Å². The van der Waals surface area contributed by atoms with E-state index in [1.165, 1.54) is 32.9 Å². The van der Waals surface area contributed by atoms with E-state index in [0.717, 1.165) is 23.4 Å². The second-order valence-electron chi connectivity index (χ2n) is 14.3. The third-order valence-electron chi connectivity index (χ3n) is 8.66. The molecule has 4 aromatic carbocycles. The molecule has 0 spiro atoms. The van der Waals surface area contributed by atoms with Gasteiger partial charge in [-0.1, -0.05) is 102 Å². The zero-order valence-electron chi connectivity index (χ0n) is 28.4. The Labute approximate surface area is 294 Å². The molecule has 5 heteroatoms. The quantitative estimate of drug-likeness (QED) is 0.158. The molecule has 0 bridgehead atoms. The van der Waals surface area contributed by atoms with Crippen molar-refractivity contribution in [1.29, 1.82) is 0 Å². The SMILES string of the molecule is CC(C)(C)C(O)CC(O)CCc1ccc(-n2c3ccccc3c3ccccc32)cc1.CC(C)(C)c1c[c-]c(-c2ccccn2)cc1.[Pt]. The van der Waals surface area contributed by atoms with Crippen LogP contribution < -0.4 is 0 Å². The molecule has 248 valence electrons. The number of hydrogen-bond donors (Lipinski definition) is 2. The average Bonchev–Trinajstić information content (AvgIpc) is 3.38. The molecule has 2 N–H and O–H groups in total. The summed E-state index contributed by atoms with van der Waals surface area (Å²) in [7, 11) is 0. The molecule has 4 nitrogen and oxygen atoms in total. The van der Waals surface area contributed by atoms with Crippen LogP contribution >= 0.6 is 0 Å². The van der Waals surface area contributed by atoms with Crippen molar-refractivity contribution in [2.75, 3.05) is 0 Å². The number of rotatable bonds is 7. The number of pyridine rings is 1. The van der Waals surface area contributed by atoms with E-state index < -0.39 is 12.2 Å². The van der Waals surface area contributed by atoms with Crippen molar-refractivity contribution >= 4 is 21.8 Å². The Hall–Kier alpha value is -3.56. The van der Waals surface area contributed by atoms with Crippen LogP contribution in [0.2, 0.25) is 0 Å². The van der Waals surface area contributed by atoms with Crippen molar-refractivity contribution in [1.82, 2.24) is 9.55 Å². The third kappa shape index (κ3) is 9.08. The van der Waals surface area contributed by atoms with Gasteiger partial charge in [0.25, 0.3) is 0 Å². The van der Waals surface area contributed by atoms with Gasteiger partial charge < -0.3 is 19.8 Å². The van der Waals surface area contributed by atoms with E-state index in [-0.39, 0.29) is 31.9 Å². The van der Waals surface area contributed by atoms with E-state index in [2.05, 4.69) is 127 Å². The van der Waals surface area contributed by atoms with Crippen molar-refractivity contribution in [3.63, 3.8) is 0 Å². The summed E-state index contributed by atoms with van der Waals surface area (Å²) in [5, 5.41) is 23.1. The number of aryl methyl sites for hydroxylation is 1. The minimum atomic E-state index is -0.495. The predicted octanol–water partition coefficient (Wildman–Crippen LogP) is 9.72. The van der Waals surface area contributed by atoms with E-state index in [4.69, 9.17) is 0 Å². The van der Waals surface area contributed by atoms with Gasteiger partial charge in [-0.2, -0.15) is 0 Å². The summed E-state index contributed by atoms with van der Waals surface area (Å²) in [4.78, 5) is 4.31. The molecule has 0 aliphatic carbocycles. The molecule has 2 unspecified atom stereocenters. The molecule has 2 atom stereocenters. The maximum atomic E-state index is 10.3. The molecule has 2 heterocycles. The number of aliphatic hydroxyl groups excluding tert-OH is 2. The number of nitrogens with zero attached hydrogens (tertiary/aromatic N) is 2. The fourth-order valence-corrected chi connectivity index (χ4v) is 5.65. The maximum Gasteiger partial charge on any atom is 0.0613 e. The van der Waals surface area contributed by atoms with Crippen LogP contribution in [0.5, 0.6) is 0 Å². The number of fused-ring (bicyclic) bond motifs is 3. The van der Waals surface area contributed by atoms with Gasteiger partial charge in [0.15, 0.2) is 0 Å². The van der Waals surface area contributed by atoms with Crippen LogP contribution in [0.25, 0.3) is 38.8 Å². The van der Waals surface area contributed by atoms with Crippen LogP contribution in [0.15, 0.2) is 115 Å². The van der Waals surface area contributed by atoms with Crippen molar-refractivity contribution in [3.8, 4) is 16.9 Å². The number of aromatic nitrogens is 2. The second kappa shape index (κ2) is 15.6. The summed E-state index contributed by atoms with van der Waals surface area (Å²) in [5.41, 5.74) is 8.05. The Morgan fingerprint density at radius 3 is 1.83 bits per heavy atom. The van der Waals surface area contributed by atoms with Crippen molar-refractivity contribution < 1.29 is 31.3 Å². The monoisotopic (exact) mass is 806 g/mol. The topological polar surface area (TPSA) is 58.3 Å². The standard InChI is InChI=1S/C27H31NO2.C15H16N.Pt/c1-27(2,3)26(30)18-21(29)17-14-19-12-15-20(16-13-19)28-24-10-6-4-8-22(24)23-9-5-7-11-25(23)28;1-15(2,3)13-9-7-12(8-10-13)14-6-4-5-11-16-14;/h4-13,15-16,21,26,29-30H,14,17-18H2,1-3H3;4-7,9-11H,1-3H3;/q;-1;. The van der Waals surface area contributed by atoms with Gasteiger partial charge in [0.2, 0.25) is 0 Å². The van der Waals surface area contributed by atoms with Crippen molar-refractivity contribution in [3.05, 3.63) is 133 Å². The number of para-hydroxylation sites is 2. The Morgan fingerprint density at radius 2 is 1.32 bits per heavy atom. The van der Waals surface area contributed by atoms with Crippen LogP contribution in [0.4, 0.5) is 0 Å². The van der Waals surface area contributed by atoms with E-state index >= 15 is 0 Å². The maximum absolute atomic E-state index is 10.3. The van der Waals surface area contributed by atoms with Gasteiger partial charge in [-0.25, -0.2) is 0 Å². The van der Waals surface area contributed by atoms with Crippen LogP contribution in [0.1, 0.15) is 65.5 Å². The van der Waals surface area contributed by atoms with Crippen LogP contribution in [-0.2, 0) is 32.9 Å². The fourth-order valence-electron chi connectivity index (χ4n) is 5.65. The summed E-state index contributed by atoms with van der Waals surface area (Å²) in [5.74, 6) is 0. The summed E-state index contributed by atoms with van der Waals surface area (Å²) in [6.45, 7) is 12.6. The van der Waals surface area contributed by atoms with Crippen LogP contribution in [0.3, 0.4) is 0 Å². The summed E-state index contributed by atoms with van der Waals surface area (Å²) < 4.78 is 2.31. The molecular weight excluding hydrogens is 760 g/mol. The zero-order chi connectivity index (χ0) is 32.9. The average molecular weight is 807 g/mol. The Morgan fingerprint density at radius 1 is 0.723 bits per heavy atom. The number of hydrogen-bond acceptors (Lipinski definition) is 3. The van der Waals surface area contributed by atoms with Gasteiger partial charge in [-0.3, -0.25) is 0 Å². The molecule has 2 aromatic heterocycles. The molecular formula is C42H47N2O2Pt-. The molecule has 0 radical (unpaired) electrons. The second-order valence-corrected chi connectivity index (χ2v) is 14.3. The van der Waals surface area contributed by atoms with Gasteiger partial charge >= 0.3 is 0 Å². The normalized spacial score (nSPS) is 13.0. The minimum absolute atomic E-state index is 0. The van der Waals surface area contributed by atoms with Crippen molar-refractivity contribution in [2.24, 2.45) is 5.41 Å². The molecule has 0 aliphatic heterocycles. The molecule has 0 amide bonds. The molecule has 47 heavy (non-hydrogen) atoms. The van der Waals surface area contributed by atoms with Gasteiger partial charge in [-0.05, 0) is 71.7 Å². The summed E-state index contributed by atoms with van der Waals surface area (Å²) in [6, 6.07) is 41.1. The smallest absolute Gasteiger partial charge is 0.0613 e. The van der Waals surface area contributed by atoms with Gasteiger partial charge in [-0.15, -0.1) is 35.4 Å². The first-order valence-corrected chi connectivity index (χ1v) is 16.3. The molecule has 0 saturated carbocycles. The third-order valence-corrected chi connectivity index (χ3v) is 8.66. The van der Waals surface area contributed by atoms with Crippen molar-refractivity contribution in [2.45, 2.75) is 78.4 Å². The molecule has 0 saturated heterocycles. The van der Waals surface area contributed by atoms with Crippen LogP contribution in [-0.4, -0.2) is 32.0 Å². The zero-order valence-corrected chi connectivity index (χ0v) is 30.6. The summed E-state index contributed by atoms with van der Waals surface area (Å²) >= 11 is 0. The first-order valence-electron chi connectivity index (χ1n) is 16.3. The molecule has 6 aromatic rings. The van der Waals surface area contributed by atoms with E-state index in [1.54, 1.807) is 6.20 Å². The Bertz CT molecular complexity index is 1800. The largest absolute Gasteiger partial charge is 0.393 e. The summed E-state index contributed by atoms with van der Waals surface area (Å²) in [6.07, 6.45) is 2.69. The van der Waals surface area contributed by atoms with E-state index in [9.17, 15) is 10.2 Å². The molecule has 0 fully saturated rings. The Kier molecular flexibility index (Phi) is 12.0.